The summed E-state index contributed by atoms with van der Waals surface area (Å²) in [5.41, 5.74) is 10.7. The second kappa shape index (κ2) is 7.89. The largest absolute Gasteiger partial charge is 0.398 e. The second-order valence-corrected chi connectivity index (χ2v) is 6.53. The molecule has 0 aliphatic rings. The van der Waals surface area contributed by atoms with Crippen LogP contribution in [0.4, 0.5) is 5.69 Å². The Morgan fingerprint density at radius 2 is 1.54 bits per heavy atom. The summed E-state index contributed by atoms with van der Waals surface area (Å²) in [5, 5.41) is 0. The maximum Gasteiger partial charge on any atom is 0.0356 e. The molecule has 0 aliphatic carbocycles. The van der Waals surface area contributed by atoms with Gasteiger partial charge in [0.2, 0.25) is 0 Å². The predicted molar refractivity (Wildman–Crippen MR) is 106 cm³/mol. The summed E-state index contributed by atoms with van der Waals surface area (Å²) in [7, 11) is 0. The number of hydrogen-bond acceptors (Lipinski definition) is 2. The van der Waals surface area contributed by atoms with Gasteiger partial charge in [-0.2, -0.15) is 0 Å². The summed E-state index contributed by atoms with van der Waals surface area (Å²) in [6, 6.07) is 27.2. The molecule has 0 bridgehead atoms. The molecule has 0 aromatic heterocycles. The molecule has 24 heavy (non-hydrogen) atoms. The lowest BCUT2D eigenvalue weighted by molar-refractivity contribution is 1.03. The highest BCUT2D eigenvalue weighted by molar-refractivity contribution is 7.98. The first-order chi connectivity index (χ1) is 11.8. The highest BCUT2D eigenvalue weighted by Crippen LogP contribution is 2.33. The van der Waals surface area contributed by atoms with Gasteiger partial charge in [0.1, 0.15) is 0 Å². The van der Waals surface area contributed by atoms with Crippen LogP contribution in [-0.2, 0) is 0 Å². The Labute approximate surface area is 148 Å². The zero-order valence-electron chi connectivity index (χ0n) is 13.7. The van der Waals surface area contributed by atoms with E-state index in [1.165, 1.54) is 16.0 Å². The van der Waals surface area contributed by atoms with Gasteiger partial charge in [-0.05, 0) is 41.1 Å². The Morgan fingerprint density at radius 1 is 0.875 bits per heavy atom. The lowest BCUT2D eigenvalue weighted by Crippen LogP contribution is -2.02. The monoisotopic (exact) mass is 331 g/mol. The molecule has 1 unspecified atom stereocenters. The van der Waals surface area contributed by atoms with Crippen molar-refractivity contribution in [2.45, 2.75) is 10.8 Å². The number of allylic oxidation sites excluding steroid dienone is 1. The van der Waals surface area contributed by atoms with Gasteiger partial charge in [0.25, 0.3) is 0 Å². The minimum absolute atomic E-state index is 0.138. The van der Waals surface area contributed by atoms with Gasteiger partial charge in [0.05, 0.1) is 0 Å². The van der Waals surface area contributed by atoms with Crippen molar-refractivity contribution < 1.29 is 0 Å². The fourth-order valence-electron chi connectivity index (χ4n) is 2.78. The molecule has 1 atom stereocenters. The van der Waals surface area contributed by atoms with Crippen molar-refractivity contribution >= 4 is 23.5 Å². The van der Waals surface area contributed by atoms with Gasteiger partial charge in [-0.15, -0.1) is 11.8 Å². The number of hydrogen-bond donors (Lipinski definition) is 1. The molecule has 1 nitrogen and oxygen atoms in total. The van der Waals surface area contributed by atoms with Crippen LogP contribution >= 0.6 is 11.8 Å². The summed E-state index contributed by atoms with van der Waals surface area (Å²) in [6.45, 7) is 0. The first-order valence-electron chi connectivity index (χ1n) is 7.99. The van der Waals surface area contributed by atoms with Crippen LogP contribution in [0, 0.1) is 0 Å². The fraction of sp³-hybridized carbons (Fsp3) is 0.0909. The van der Waals surface area contributed by atoms with E-state index in [-0.39, 0.29) is 5.92 Å². The predicted octanol–water partition coefficient (Wildman–Crippen LogP) is 5.84. The molecule has 0 amide bonds. The summed E-state index contributed by atoms with van der Waals surface area (Å²) in [5.74, 6) is 0.138. The maximum absolute atomic E-state index is 6.31. The average Bonchev–Trinajstić information content (AvgIpc) is 2.65. The van der Waals surface area contributed by atoms with Crippen LogP contribution in [0.15, 0.2) is 89.8 Å². The molecule has 0 aliphatic heterocycles. The number of nitrogen functional groups attached to an aromatic ring is 1. The minimum Gasteiger partial charge on any atom is -0.398 e. The van der Waals surface area contributed by atoms with Crippen molar-refractivity contribution in [3.05, 3.63) is 102 Å². The molecule has 120 valence electrons. The molecule has 0 heterocycles. The Balaban J connectivity index is 2.04. The molecule has 0 radical (unpaired) electrons. The van der Waals surface area contributed by atoms with E-state index in [9.17, 15) is 0 Å². The molecule has 3 aromatic carbocycles. The first-order valence-corrected chi connectivity index (χ1v) is 9.22. The maximum atomic E-state index is 6.31. The topological polar surface area (TPSA) is 26.0 Å². The van der Waals surface area contributed by atoms with Gasteiger partial charge in [-0.1, -0.05) is 72.8 Å². The van der Waals surface area contributed by atoms with Crippen LogP contribution in [0.1, 0.15) is 22.6 Å². The average molecular weight is 331 g/mol. The number of rotatable bonds is 5. The van der Waals surface area contributed by atoms with Crippen molar-refractivity contribution in [2.75, 3.05) is 12.0 Å². The first kappa shape index (κ1) is 16.4. The number of anilines is 1. The Morgan fingerprint density at radius 3 is 2.21 bits per heavy atom. The molecule has 0 saturated carbocycles. The van der Waals surface area contributed by atoms with E-state index >= 15 is 0 Å². The van der Waals surface area contributed by atoms with E-state index in [0.29, 0.717) is 0 Å². The van der Waals surface area contributed by atoms with Gasteiger partial charge < -0.3 is 5.73 Å². The molecular formula is C22H21NS. The van der Waals surface area contributed by atoms with Gasteiger partial charge >= 0.3 is 0 Å². The van der Waals surface area contributed by atoms with E-state index in [1.54, 1.807) is 11.8 Å². The van der Waals surface area contributed by atoms with E-state index in [2.05, 4.69) is 79.1 Å². The zero-order valence-corrected chi connectivity index (χ0v) is 14.5. The van der Waals surface area contributed by atoms with Gasteiger partial charge in [-0.3, -0.25) is 0 Å². The van der Waals surface area contributed by atoms with Crippen LogP contribution in [0.5, 0.6) is 0 Å². The molecule has 3 rings (SSSR count). The van der Waals surface area contributed by atoms with Crippen LogP contribution < -0.4 is 5.73 Å². The number of thioether (sulfide) groups is 1. The minimum atomic E-state index is 0.138. The third-order valence-electron chi connectivity index (χ3n) is 4.07. The summed E-state index contributed by atoms with van der Waals surface area (Å²) >= 11 is 1.74. The van der Waals surface area contributed by atoms with Gasteiger partial charge in [0.15, 0.2) is 0 Å². The van der Waals surface area contributed by atoms with Gasteiger partial charge in [-0.25, -0.2) is 0 Å². The fourth-order valence-corrected chi connectivity index (χ4v) is 3.22. The lowest BCUT2D eigenvalue weighted by Gasteiger charge is -2.17. The van der Waals surface area contributed by atoms with Crippen LogP contribution in [-0.4, -0.2) is 6.26 Å². The van der Waals surface area contributed by atoms with E-state index < -0.39 is 0 Å². The Hall–Kier alpha value is -2.45. The normalized spacial score (nSPS) is 12.4. The van der Waals surface area contributed by atoms with Crippen molar-refractivity contribution in [1.82, 2.24) is 0 Å². The molecule has 2 heteroatoms. The molecule has 2 N–H and O–H groups in total. The molecular weight excluding hydrogens is 310 g/mol. The van der Waals surface area contributed by atoms with Crippen LogP contribution in [0.3, 0.4) is 0 Å². The van der Waals surface area contributed by atoms with Crippen molar-refractivity contribution in [2.24, 2.45) is 0 Å². The zero-order chi connectivity index (χ0) is 16.8. The number of nitrogens with two attached hydrogens (primary N) is 1. The molecule has 0 spiro atoms. The van der Waals surface area contributed by atoms with Crippen LogP contribution in [0.25, 0.3) is 6.08 Å². The summed E-state index contributed by atoms with van der Waals surface area (Å²) in [6.07, 6.45) is 6.50. The smallest absolute Gasteiger partial charge is 0.0356 e. The van der Waals surface area contributed by atoms with Crippen molar-refractivity contribution in [3.63, 3.8) is 0 Å². The van der Waals surface area contributed by atoms with Gasteiger partial charge in [0, 0.05) is 16.5 Å². The van der Waals surface area contributed by atoms with Crippen molar-refractivity contribution in [1.29, 1.82) is 0 Å². The van der Waals surface area contributed by atoms with Crippen molar-refractivity contribution in [3.8, 4) is 0 Å². The lowest BCUT2D eigenvalue weighted by atomic mass is 9.89. The standard InChI is InChI=1S/C22H21NS/c1-24-19-13-15-22(23)21(16-19)20(18-10-6-3-7-11-18)14-12-17-8-4-2-5-9-17/h2-16,20H,23H2,1H3/b14-12+. The van der Waals surface area contributed by atoms with E-state index in [1.807, 2.05) is 18.2 Å². The highest BCUT2D eigenvalue weighted by atomic mass is 32.2. The SMILES string of the molecule is CSc1ccc(N)c(C(/C=C/c2ccccc2)c2ccccc2)c1. The second-order valence-electron chi connectivity index (χ2n) is 5.65. The molecule has 0 saturated heterocycles. The third-order valence-corrected chi connectivity index (χ3v) is 4.79. The van der Waals surface area contributed by atoms with E-state index in [4.69, 9.17) is 5.73 Å². The Bertz CT molecular complexity index is 810. The Kier molecular flexibility index (Phi) is 5.39. The molecule has 3 aromatic rings. The molecule has 0 fully saturated rings. The highest BCUT2D eigenvalue weighted by Gasteiger charge is 2.14. The quantitative estimate of drug-likeness (QED) is 0.470. The number of benzene rings is 3. The van der Waals surface area contributed by atoms with Crippen LogP contribution in [0.2, 0.25) is 0 Å². The summed E-state index contributed by atoms with van der Waals surface area (Å²) in [4.78, 5) is 1.23. The summed E-state index contributed by atoms with van der Waals surface area (Å²) < 4.78 is 0. The van der Waals surface area contributed by atoms with E-state index in [0.717, 1.165) is 11.3 Å². The third kappa shape index (κ3) is 3.90.